The minimum absolute atomic E-state index is 0.0292. The van der Waals surface area contributed by atoms with E-state index in [4.69, 9.17) is 23.9 Å². The Balaban J connectivity index is 1.50. The molecule has 2 saturated heterocycles. The van der Waals surface area contributed by atoms with Crippen molar-refractivity contribution in [1.82, 2.24) is 15.0 Å². The first kappa shape index (κ1) is 20.6. The molecule has 0 bridgehead atoms. The molecule has 172 valence electrons. The second kappa shape index (κ2) is 8.09. The molecule has 0 radical (unpaired) electrons. The summed E-state index contributed by atoms with van der Waals surface area (Å²) in [7, 11) is 0. The van der Waals surface area contributed by atoms with Crippen LogP contribution >= 0.6 is 0 Å². The van der Waals surface area contributed by atoms with E-state index in [2.05, 4.69) is 15.3 Å². The number of nitrogens with one attached hydrogen (secondary N) is 2. The van der Waals surface area contributed by atoms with Gasteiger partial charge < -0.3 is 29.2 Å². The number of nitrogens with zero attached hydrogens (tertiary/aromatic N) is 2. The third-order valence-corrected chi connectivity index (χ3v) is 6.56. The normalized spacial score (nSPS) is 24.3. The lowest BCUT2D eigenvalue weighted by Gasteiger charge is -2.35. The number of carbonyl (C=O) groups is 1. The zero-order chi connectivity index (χ0) is 22.4. The van der Waals surface area contributed by atoms with Gasteiger partial charge in [-0.1, -0.05) is 0 Å². The highest BCUT2D eigenvalue weighted by Gasteiger charge is 2.44. The number of hydrogen-bond acceptors (Lipinski definition) is 7. The van der Waals surface area contributed by atoms with Gasteiger partial charge in [-0.25, -0.2) is 9.97 Å². The predicted octanol–water partition coefficient (Wildman–Crippen LogP) is 2.94. The molecule has 6 rings (SSSR count). The molecule has 6 heterocycles. The van der Waals surface area contributed by atoms with Gasteiger partial charge in [0.05, 0.1) is 49.5 Å². The average Bonchev–Trinajstić information content (AvgIpc) is 3.55. The molecule has 3 aliphatic rings. The van der Waals surface area contributed by atoms with Crippen molar-refractivity contribution in [2.45, 2.75) is 37.9 Å². The van der Waals surface area contributed by atoms with Crippen molar-refractivity contribution in [3.05, 3.63) is 35.8 Å². The molecule has 3 aliphatic heterocycles. The largest absolute Gasteiger partial charge is 0.487 e. The van der Waals surface area contributed by atoms with E-state index in [-0.39, 0.29) is 12.0 Å². The van der Waals surface area contributed by atoms with Crippen LogP contribution in [-0.2, 0) is 31.0 Å². The van der Waals surface area contributed by atoms with Crippen molar-refractivity contribution in [2.24, 2.45) is 0 Å². The SMILES string of the molecule is CC(=O)Nc1cc2c(-c3cc(O[C@@H]4CCOC4)c4c(n3)C3(CCOC3)OCC4)c[nH]c2cn1. The van der Waals surface area contributed by atoms with Crippen LogP contribution in [0.4, 0.5) is 5.82 Å². The van der Waals surface area contributed by atoms with Gasteiger partial charge >= 0.3 is 0 Å². The first-order valence-corrected chi connectivity index (χ1v) is 11.4. The number of carbonyl (C=O) groups excluding carboxylic acids is 1. The van der Waals surface area contributed by atoms with Crippen molar-refractivity contribution in [3.63, 3.8) is 0 Å². The van der Waals surface area contributed by atoms with Crippen LogP contribution in [0.25, 0.3) is 22.2 Å². The van der Waals surface area contributed by atoms with Gasteiger partial charge in [0.15, 0.2) is 0 Å². The Morgan fingerprint density at radius 3 is 3.00 bits per heavy atom. The Bertz CT molecular complexity index is 1210. The zero-order valence-corrected chi connectivity index (χ0v) is 18.5. The second-order valence-corrected chi connectivity index (χ2v) is 8.83. The van der Waals surface area contributed by atoms with Crippen molar-refractivity contribution >= 4 is 22.6 Å². The van der Waals surface area contributed by atoms with Gasteiger partial charge in [0.2, 0.25) is 5.91 Å². The number of fused-ring (bicyclic) bond motifs is 3. The summed E-state index contributed by atoms with van der Waals surface area (Å²) < 4.78 is 24.0. The topological polar surface area (TPSA) is 108 Å². The van der Waals surface area contributed by atoms with Crippen LogP contribution in [0.5, 0.6) is 5.75 Å². The summed E-state index contributed by atoms with van der Waals surface area (Å²) in [5.74, 6) is 1.17. The highest BCUT2D eigenvalue weighted by atomic mass is 16.6. The van der Waals surface area contributed by atoms with Crippen molar-refractivity contribution in [1.29, 1.82) is 0 Å². The molecule has 2 fully saturated rings. The first-order valence-electron chi connectivity index (χ1n) is 11.4. The highest BCUT2D eigenvalue weighted by molar-refractivity contribution is 5.97. The molecule has 9 nitrogen and oxygen atoms in total. The zero-order valence-electron chi connectivity index (χ0n) is 18.5. The highest BCUT2D eigenvalue weighted by Crippen LogP contribution is 2.44. The smallest absolute Gasteiger partial charge is 0.222 e. The monoisotopic (exact) mass is 450 g/mol. The van der Waals surface area contributed by atoms with Gasteiger partial charge in [-0.15, -0.1) is 0 Å². The van der Waals surface area contributed by atoms with Crippen molar-refractivity contribution in [3.8, 4) is 17.0 Å². The quantitative estimate of drug-likeness (QED) is 0.629. The summed E-state index contributed by atoms with van der Waals surface area (Å²) in [6.45, 7) is 4.54. The van der Waals surface area contributed by atoms with Gasteiger partial charge in [-0.2, -0.15) is 0 Å². The number of ether oxygens (including phenoxy) is 4. The van der Waals surface area contributed by atoms with E-state index in [1.54, 1.807) is 6.20 Å². The molecule has 2 atom stereocenters. The Hall–Kier alpha value is -3.01. The lowest BCUT2D eigenvalue weighted by Crippen LogP contribution is -2.37. The minimum atomic E-state index is -0.539. The minimum Gasteiger partial charge on any atom is -0.487 e. The molecule has 1 spiro atoms. The van der Waals surface area contributed by atoms with Gasteiger partial charge in [0, 0.05) is 61.6 Å². The van der Waals surface area contributed by atoms with E-state index in [0.717, 1.165) is 58.4 Å². The number of aromatic nitrogens is 3. The standard InChI is InChI=1S/C24H26N4O5/c1-14(29)27-22-8-17-18(10-25-20(17)11-26-22)19-9-21(33-15-2-5-30-12-15)16-3-6-32-24(23(16)28-19)4-7-31-13-24/h8-11,15,25H,2-7,12-13H2,1H3,(H,26,27,29)/t15-,24?/m1/s1. The Kier molecular flexibility index (Phi) is 5.05. The Morgan fingerprint density at radius 1 is 1.27 bits per heavy atom. The summed E-state index contributed by atoms with van der Waals surface area (Å²) in [5, 5.41) is 3.68. The molecular formula is C24H26N4O5. The van der Waals surface area contributed by atoms with E-state index in [0.29, 0.717) is 38.9 Å². The maximum Gasteiger partial charge on any atom is 0.222 e. The van der Waals surface area contributed by atoms with Crippen LogP contribution in [-0.4, -0.2) is 60.0 Å². The summed E-state index contributed by atoms with van der Waals surface area (Å²) in [6.07, 6.45) is 6.05. The average molecular weight is 450 g/mol. The van der Waals surface area contributed by atoms with Gasteiger partial charge in [0.1, 0.15) is 23.3 Å². The molecule has 0 saturated carbocycles. The number of pyridine rings is 2. The van der Waals surface area contributed by atoms with E-state index in [1.807, 2.05) is 18.3 Å². The molecule has 0 aliphatic carbocycles. The third-order valence-electron chi connectivity index (χ3n) is 6.56. The van der Waals surface area contributed by atoms with Crippen LogP contribution in [0.1, 0.15) is 31.0 Å². The van der Waals surface area contributed by atoms with E-state index in [1.165, 1.54) is 6.92 Å². The van der Waals surface area contributed by atoms with Gasteiger partial charge in [-0.3, -0.25) is 4.79 Å². The van der Waals surface area contributed by atoms with Crippen LogP contribution in [0.15, 0.2) is 24.5 Å². The van der Waals surface area contributed by atoms with Crippen molar-refractivity contribution < 1.29 is 23.7 Å². The molecule has 3 aromatic heterocycles. The van der Waals surface area contributed by atoms with Crippen LogP contribution in [0.3, 0.4) is 0 Å². The van der Waals surface area contributed by atoms with Crippen LogP contribution in [0.2, 0.25) is 0 Å². The Labute approximate surface area is 190 Å². The summed E-state index contributed by atoms with van der Waals surface area (Å²) in [6, 6.07) is 3.88. The van der Waals surface area contributed by atoms with E-state index in [9.17, 15) is 4.79 Å². The van der Waals surface area contributed by atoms with E-state index < -0.39 is 5.60 Å². The molecule has 3 aromatic rings. The maximum absolute atomic E-state index is 11.5. The number of aromatic amines is 1. The maximum atomic E-state index is 11.5. The molecule has 0 aromatic carbocycles. The first-order chi connectivity index (χ1) is 16.1. The van der Waals surface area contributed by atoms with E-state index >= 15 is 0 Å². The fraction of sp³-hybridized carbons (Fsp3) is 0.458. The third kappa shape index (κ3) is 3.66. The molecule has 9 heteroatoms. The number of anilines is 1. The van der Waals surface area contributed by atoms with Crippen molar-refractivity contribution in [2.75, 3.05) is 38.4 Å². The number of rotatable bonds is 4. The summed E-state index contributed by atoms with van der Waals surface area (Å²) >= 11 is 0. The second-order valence-electron chi connectivity index (χ2n) is 8.83. The fourth-order valence-corrected chi connectivity index (χ4v) is 4.94. The predicted molar refractivity (Wildman–Crippen MR) is 120 cm³/mol. The van der Waals surface area contributed by atoms with Crippen LogP contribution < -0.4 is 10.1 Å². The lowest BCUT2D eigenvalue weighted by atomic mass is 9.89. The Morgan fingerprint density at radius 2 is 2.21 bits per heavy atom. The molecular weight excluding hydrogens is 424 g/mol. The molecule has 33 heavy (non-hydrogen) atoms. The van der Waals surface area contributed by atoms with Gasteiger partial charge in [-0.05, 0) is 6.07 Å². The van der Waals surface area contributed by atoms with Crippen LogP contribution in [0, 0.1) is 0 Å². The lowest BCUT2D eigenvalue weighted by molar-refractivity contribution is -0.114. The molecule has 1 unspecified atom stereocenters. The number of hydrogen-bond donors (Lipinski definition) is 2. The molecule has 1 amide bonds. The summed E-state index contributed by atoms with van der Waals surface area (Å²) in [4.78, 5) is 24.2. The van der Waals surface area contributed by atoms with Gasteiger partial charge in [0.25, 0.3) is 0 Å². The number of amides is 1. The summed E-state index contributed by atoms with van der Waals surface area (Å²) in [5.41, 5.74) is 4.02. The molecule has 2 N–H and O–H groups in total. The fourth-order valence-electron chi connectivity index (χ4n) is 4.94. The number of H-pyrrole nitrogens is 1.